The lowest BCUT2D eigenvalue weighted by Crippen LogP contribution is -2.36. The molecule has 27 heavy (non-hydrogen) atoms. The Hall–Kier alpha value is -2.54. The predicted molar refractivity (Wildman–Crippen MR) is 96.0 cm³/mol. The molecule has 3 heterocycles. The quantitative estimate of drug-likeness (QED) is 0.641. The molecule has 1 atom stereocenters. The van der Waals surface area contributed by atoms with Gasteiger partial charge in [-0.25, -0.2) is 4.98 Å². The van der Waals surface area contributed by atoms with Crippen LogP contribution in [0.25, 0.3) is 5.65 Å². The number of aromatic nitrogens is 2. The molecule has 4 nitrogen and oxygen atoms in total. The Bertz CT molecular complexity index is 1040. The second-order valence-electron chi connectivity index (χ2n) is 6.66. The van der Waals surface area contributed by atoms with Crippen LogP contribution in [0.2, 0.25) is 5.02 Å². The number of alkyl halides is 3. The van der Waals surface area contributed by atoms with Crippen molar-refractivity contribution in [3.05, 3.63) is 64.6 Å². The van der Waals surface area contributed by atoms with Gasteiger partial charge in [0.05, 0.1) is 22.7 Å². The number of nitrogens with zero attached hydrogens (tertiary/aromatic N) is 3. The number of carbonyl (C=O) groups is 1. The third kappa shape index (κ3) is 3.16. The van der Waals surface area contributed by atoms with E-state index in [1.165, 1.54) is 10.6 Å². The Labute approximate surface area is 158 Å². The highest BCUT2D eigenvalue weighted by Crippen LogP contribution is 2.34. The molecule has 8 heteroatoms. The summed E-state index contributed by atoms with van der Waals surface area (Å²) in [6.45, 7) is 1.97. The normalized spacial score (nSPS) is 16.8. The smallest absolute Gasteiger partial charge is 0.309 e. The minimum absolute atomic E-state index is 0.0158. The number of fused-ring (bicyclic) bond motifs is 2. The minimum Gasteiger partial charge on any atom is -0.309 e. The molecule has 1 amide bonds. The van der Waals surface area contributed by atoms with E-state index in [0.29, 0.717) is 5.69 Å². The first kappa shape index (κ1) is 17.9. The number of amides is 1. The van der Waals surface area contributed by atoms with Gasteiger partial charge < -0.3 is 9.30 Å². The number of hydrogen-bond donors (Lipinski definition) is 0. The topological polar surface area (TPSA) is 37.6 Å². The summed E-state index contributed by atoms with van der Waals surface area (Å²) in [5.74, 6) is -0.150. The lowest BCUT2D eigenvalue weighted by molar-refractivity contribution is -0.137. The van der Waals surface area contributed by atoms with E-state index in [1.54, 1.807) is 4.90 Å². The molecule has 0 radical (unpaired) electrons. The summed E-state index contributed by atoms with van der Waals surface area (Å²) in [5, 5.41) is -0.108. The van der Waals surface area contributed by atoms with Gasteiger partial charge in [-0.1, -0.05) is 29.8 Å². The first-order chi connectivity index (χ1) is 12.7. The number of halogens is 4. The summed E-state index contributed by atoms with van der Waals surface area (Å²) in [4.78, 5) is 18.8. The first-order valence-corrected chi connectivity index (χ1v) is 8.76. The van der Waals surface area contributed by atoms with Crippen LogP contribution < -0.4 is 4.90 Å². The largest absolute Gasteiger partial charge is 0.417 e. The molecule has 4 rings (SSSR count). The van der Waals surface area contributed by atoms with E-state index >= 15 is 0 Å². The second kappa shape index (κ2) is 6.27. The average Bonchev–Trinajstić information content (AvgIpc) is 3.13. The van der Waals surface area contributed by atoms with E-state index < -0.39 is 11.7 Å². The van der Waals surface area contributed by atoms with E-state index in [-0.39, 0.29) is 29.0 Å². The SMILES string of the molecule is CC1Cc2ccccc2N1C(=O)Cc1cn2cc(C(F)(F)F)cc(Cl)c2n1. The summed E-state index contributed by atoms with van der Waals surface area (Å²) >= 11 is 5.96. The Kier molecular flexibility index (Phi) is 4.14. The molecule has 2 aromatic heterocycles. The number of imidazole rings is 1. The van der Waals surface area contributed by atoms with Crippen molar-refractivity contribution in [1.29, 1.82) is 0 Å². The van der Waals surface area contributed by atoms with E-state index in [1.807, 2.05) is 31.2 Å². The Morgan fingerprint density at radius 1 is 1.30 bits per heavy atom. The van der Waals surface area contributed by atoms with Crippen LogP contribution in [-0.2, 0) is 23.8 Å². The fourth-order valence-electron chi connectivity index (χ4n) is 3.53. The number of rotatable bonds is 2. The van der Waals surface area contributed by atoms with Crippen molar-refractivity contribution in [3.8, 4) is 0 Å². The number of anilines is 1. The number of carbonyl (C=O) groups excluding carboxylic acids is 1. The Morgan fingerprint density at radius 2 is 2.04 bits per heavy atom. The Morgan fingerprint density at radius 3 is 2.78 bits per heavy atom. The zero-order chi connectivity index (χ0) is 19.3. The molecule has 0 saturated carbocycles. The highest BCUT2D eigenvalue weighted by molar-refractivity contribution is 6.33. The predicted octanol–water partition coefficient (Wildman–Crippen LogP) is 4.53. The van der Waals surface area contributed by atoms with Gasteiger partial charge >= 0.3 is 6.18 Å². The molecule has 0 N–H and O–H groups in total. The van der Waals surface area contributed by atoms with Gasteiger partial charge in [-0.15, -0.1) is 0 Å². The maximum absolute atomic E-state index is 12.9. The molecule has 0 fully saturated rings. The molecular formula is C19H15ClF3N3O. The van der Waals surface area contributed by atoms with Crippen molar-refractivity contribution < 1.29 is 18.0 Å². The number of para-hydroxylation sites is 1. The van der Waals surface area contributed by atoms with Crippen LogP contribution in [0.3, 0.4) is 0 Å². The molecule has 3 aromatic rings. The molecule has 140 valence electrons. The van der Waals surface area contributed by atoms with Crippen LogP contribution in [0.15, 0.2) is 42.7 Å². The minimum atomic E-state index is -4.51. The highest BCUT2D eigenvalue weighted by atomic mass is 35.5. The zero-order valence-corrected chi connectivity index (χ0v) is 15.1. The van der Waals surface area contributed by atoms with Gasteiger partial charge in [-0.05, 0) is 31.0 Å². The van der Waals surface area contributed by atoms with Gasteiger partial charge in [0, 0.05) is 24.1 Å². The molecular weight excluding hydrogens is 379 g/mol. The van der Waals surface area contributed by atoms with Crippen LogP contribution in [0.1, 0.15) is 23.7 Å². The molecule has 0 saturated heterocycles. The average molecular weight is 394 g/mol. The van der Waals surface area contributed by atoms with E-state index in [2.05, 4.69) is 4.98 Å². The van der Waals surface area contributed by atoms with Crippen LogP contribution >= 0.6 is 11.6 Å². The molecule has 1 aliphatic heterocycles. The summed E-state index contributed by atoms with van der Waals surface area (Å²) in [7, 11) is 0. The van der Waals surface area contributed by atoms with Crippen LogP contribution in [0.4, 0.5) is 18.9 Å². The van der Waals surface area contributed by atoms with Crippen LogP contribution in [0, 0.1) is 0 Å². The number of hydrogen-bond acceptors (Lipinski definition) is 2. The number of benzene rings is 1. The molecule has 1 unspecified atom stereocenters. The van der Waals surface area contributed by atoms with Crippen LogP contribution in [0.5, 0.6) is 0 Å². The first-order valence-electron chi connectivity index (χ1n) is 8.38. The highest BCUT2D eigenvalue weighted by Gasteiger charge is 2.33. The van der Waals surface area contributed by atoms with Crippen molar-refractivity contribution in [2.45, 2.75) is 32.0 Å². The maximum Gasteiger partial charge on any atom is 0.417 e. The zero-order valence-electron chi connectivity index (χ0n) is 14.3. The molecule has 0 spiro atoms. The second-order valence-corrected chi connectivity index (χ2v) is 7.07. The number of pyridine rings is 1. The monoisotopic (exact) mass is 393 g/mol. The van der Waals surface area contributed by atoms with Crippen molar-refractivity contribution >= 4 is 28.8 Å². The van der Waals surface area contributed by atoms with Gasteiger partial charge in [0.1, 0.15) is 0 Å². The molecule has 1 aliphatic rings. The molecule has 0 aliphatic carbocycles. The van der Waals surface area contributed by atoms with Gasteiger partial charge in [0.15, 0.2) is 5.65 Å². The lowest BCUT2D eigenvalue weighted by Gasteiger charge is -2.22. The van der Waals surface area contributed by atoms with Crippen molar-refractivity contribution in [3.63, 3.8) is 0 Å². The van der Waals surface area contributed by atoms with E-state index in [9.17, 15) is 18.0 Å². The fraction of sp³-hybridized carbons (Fsp3) is 0.263. The standard InChI is InChI=1S/C19H15ClF3N3O/c1-11-6-12-4-2-3-5-16(12)26(11)17(27)8-14-10-25-9-13(19(21,22)23)7-15(20)18(25)24-14/h2-5,7,9-11H,6,8H2,1H3. The van der Waals surface area contributed by atoms with Crippen molar-refractivity contribution in [2.75, 3.05) is 4.90 Å². The van der Waals surface area contributed by atoms with Crippen molar-refractivity contribution in [1.82, 2.24) is 9.38 Å². The summed E-state index contributed by atoms with van der Waals surface area (Å²) in [6, 6.07) is 8.55. The van der Waals surface area contributed by atoms with E-state index in [4.69, 9.17) is 11.6 Å². The summed E-state index contributed by atoms with van der Waals surface area (Å²) in [5.41, 5.74) is 1.68. The van der Waals surface area contributed by atoms with Crippen molar-refractivity contribution in [2.24, 2.45) is 0 Å². The Balaban J connectivity index is 1.64. The van der Waals surface area contributed by atoms with Crippen LogP contribution in [-0.4, -0.2) is 21.3 Å². The summed E-state index contributed by atoms with van der Waals surface area (Å²) < 4.78 is 40.1. The fourth-order valence-corrected chi connectivity index (χ4v) is 3.79. The van der Waals surface area contributed by atoms with E-state index in [0.717, 1.165) is 29.9 Å². The maximum atomic E-state index is 12.9. The van der Waals surface area contributed by atoms with Gasteiger partial charge in [0.2, 0.25) is 5.91 Å². The summed E-state index contributed by atoms with van der Waals surface area (Å²) in [6.07, 6.45) is -1.41. The third-order valence-corrected chi connectivity index (χ3v) is 4.97. The van der Waals surface area contributed by atoms with Gasteiger partial charge in [-0.3, -0.25) is 4.79 Å². The van der Waals surface area contributed by atoms with Gasteiger partial charge in [-0.2, -0.15) is 13.2 Å². The molecule has 0 bridgehead atoms. The third-order valence-electron chi connectivity index (χ3n) is 4.69. The lowest BCUT2D eigenvalue weighted by atomic mass is 10.1. The molecule has 1 aromatic carbocycles. The van der Waals surface area contributed by atoms with Gasteiger partial charge in [0.25, 0.3) is 0 Å².